The van der Waals surface area contributed by atoms with Gasteiger partial charge in [-0.3, -0.25) is 14.0 Å². The van der Waals surface area contributed by atoms with Gasteiger partial charge in [0.15, 0.2) is 0 Å². The maximum Gasteiger partial charge on any atom is 1.00 e. The van der Waals surface area contributed by atoms with Crippen molar-refractivity contribution >= 4 is 39.4 Å². The molecule has 1 amide bonds. The second-order valence-electron chi connectivity index (χ2n) is 5.55. The van der Waals surface area contributed by atoms with E-state index in [2.05, 4.69) is 14.4 Å². The van der Waals surface area contributed by atoms with Gasteiger partial charge in [-0.05, 0) is 30.7 Å². The Labute approximate surface area is 203 Å². The maximum absolute atomic E-state index is 12.9. The van der Waals surface area contributed by atoms with Crippen molar-refractivity contribution in [3.8, 4) is 0 Å². The molecule has 3 rings (SSSR count). The number of amides is 1. The number of hydrogen-bond donors (Lipinski definition) is 0. The number of nitrogens with zero attached hydrogens (tertiary/aromatic N) is 3. The quantitative estimate of drug-likeness (QED) is 0.207. The zero-order chi connectivity index (χ0) is 18.9. The van der Waals surface area contributed by atoms with Gasteiger partial charge >= 0.3 is 51.4 Å². The number of aromatic nitrogens is 1. The van der Waals surface area contributed by atoms with Crippen LogP contribution in [0.15, 0.2) is 41.6 Å². The fourth-order valence-corrected chi connectivity index (χ4v) is 2.98. The van der Waals surface area contributed by atoms with E-state index < -0.39 is 10.4 Å². The van der Waals surface area contributed by atoms with Gasteiger partial charge in [-0.25, -0.2) is 4.98 Å². The van der Waals surface area contributed by atoms with E-state index in [9.17, 15) is 17.8 Å². The Morgan fingerprint density at radius 3 is 2.67 bits per heavy atom. The minimum atomic E-state index is -4.98. The molecule has 27 heavy (non-hydrogen) atoms. The number of halogens is 1. The average Bonchev–Trinajstić information content (AvgIpc) is 2.58. The number of pyridine rings is 1. The van der Waals surface area contributed by atoms with Crippen LogP contribution in [0.4, 0.5) is 5.82 Å². The summed E-state index contributed by atoms with van der Waals surface area (Å²) in [5.74, 6) is -0.0434. The molecule has 0 N–H and O–H groups in total. The first-order valence-corrected chi connectivity index (χ1v) is 9.23. The van der Waals surface area contributed by atoms with Crippen LogP contribution in [0.1, 0.15) is 27.9 Å². The molecule has 1 aromatic carbocycles. The van der Waals surface area contributed by atoms with E-state index in [0.29, 0.717) is 11.1 Å². The molecule has 0 unspecified atom stereocenters. The number of hydrogen-bond acceptors (Lipinski definition) is 7. The van der Waals surface area contributed by atoms with Crippen molar-refractivity contribution in [1.82, 2.24) is 4.98 Å². The van der Waals surface area contributed by atoms with Crippen molar-refractivity contribution in [2.75, 3.05) is 11.4 Å². The molecule has 0 fully saturated rings. The minimum absolute atomic E-state index is 0. The van der Waals surface area contributed by atoms with Gasteiger partial charge in [-0.2, -0.15) is 8.42 Å². The maximum atomic E-state index is 12.9. The summed E-state index contributed by atoms with van der Waals surface area (Å²) in [7, 11) is -4.98. The topological polar surface area (TPSA) is 112 Å². The number of aryl methyl sites for hydroxylation is 1. The van der Waals surface area contributed by atoms with E-state index >= 15 is 0 Å². The minimum Gasteiger partial charge on any atom is -0.714 e. The Hall–Kier alpha value is -0.854. The molecule has 0 spiro atoms. The largest absolute Gasteiger partial charge is 1.00 e. The second-order valence-corrected chi connectivity index (χ2v) is 6.90. The Balaban J connectivity index is 0.00000261. The number of carbonyl (C=O) groups excluding carboxylic acids is 1. The van der Waals surface area contributed by atoms with Crippen molar-refractivity contribution in [3.63, 3.8) is 0 Å². The monoisotopic (exact) mass is 433 g/mol. The number of benzene rings is 1. The Bertz CT molecular complexity index is 1010. The first kappa shape index (κ1) is 22.4. The second kappa shape index (κ2) is 9.10. The van der Waals surface area contributed by atoms with Crippen LogP contribution in [0.3, 0.4) is 0 Å². The van der Waals surface area contributed by atoms with Gasteiger partial charge in [0.05, 0.1) is 5.71 Å². The molecule has 0 radical (unpaired) electrons. The molecule has 8 nitrogen and oxygen atoms in total. The molecule has 0 atom stereocenters. The van der Waals surface area contributed by atoms with Crippen LogP contribution in [0.25, 0.3) is 0 Å². The third-order valence-electron chi connectivity index (χ3n) is 3.84. The van der Waals surface area contributed by atoms with Crippen molar-refractivity contribution in [2.24, 2.45) is 5.16 Å². The Morgan fingerprint density at radius 1 is 1.30 bits per heavy atom. The summed E-state index contributed by atoms with van der Waals surface area (Å²) in [6.07, 6.45) is 0.184. The van der Waals surface area contributed by atoms with E-state index in [-0.39, 0.29) is 86.9 Å². The summed E-state index contributed by atoms with van der Waals surface area (Å²) in [4.78, 5) is 18.6. The van der Waals surface area contributed by atoms with Crippen LogP contribution < -0.4 is 56.3 Å². The Kier molecular flexibility index (Phi) is 7.56. The average molecular weight is 434 g/mol. The number of fused-ring (bicyclic) bond motifs is 1. The van der Waals surface area contributed by atoms with E-state index in [0.717, 1.165) is 5.56 Å². The molecule has 1 aliphatic heterocycles. The van der Waals surface area contributed by atoms with E-state index in [4.69, 9.17) is 11.6 Å². The first-order valence-electron chi connectivity index (χ1n) is 7.52. The van der Waals surface area contributed by atoms with Gasteiger partial charge in [0, 0.05) is 24.1 Å². The number of carbonyl (C=O) groups is 1. The van der Waals surface area contributed by atoms with Crippen LogP contribution in [-0.4, -0.2) is 36.1 Å². The summed E-state index contributed by atoms with van der Waals surface area (Å²) in [5.41, 5.74) is 1.88. The third-order valence-corrected chi connectivity index (χ3v) is 4.31. The molecule has 11 heteroatoms. The van der Waals surface area contributed by atoms with Crippen molar-refractivity contribution in [3.05, 3.63) is 58.2 Å². The number of anilines is 1. The molecule has 0 saturated heterocycles. The SMILES string of the molecule is Cc1ccccc1C(=O)N1CC/C(=N\OS(=O)(=O)[O-])c2ccc(Cl)nc21.[K+]. The molecule has 0 saturated carbocycles. The molecule has 1 aliphatic rings. The molecule has 0 aliphatic carbocycles. The molecule has 2 aromatic rings. The number of oxime groups is 1. The predicted molar refractivity (Wildman–Crippen MR) is 94.0 cm³/mol. The first-order chi connectivity index (χ1) is 12.3. The van der Waals surface area contributed by atoms with Crippen LogP contribution in [-0.2, 0) is 14.7 Å². The molecular weight excluding hydrogens is 421 g/mol. The van der Waals surface area contributed by atoms with E-state index in [1.54, 1.807) is 18.2 Å². The zero-order valence-electron chi connectivity index (χ0n) is 14.5. The van der Waals surface area contributed by atoms with E-state index in [1.165, 1.54) is 11.0 Å². The smallest absolute Gasteiger partial charge is 0.714 e. The molecule has 136 valence electrons. The summed E-state index contributed by atoms with van der Waals surface area (Å²) < 4.78 is 35.9. The van der Waals surface area contributed by atoms with Gasteiger partial charge in [0.2, 0.25) is 0 Å². The van der Waals surface area contributed by atoms with Crippen molar-refractivity contribution in [1.29, 1.82) is 0 Å². The van der Waals surface area contributed by atoms with E-state index in [1.807, 2.05) is 19.1 Å². The third kappa shape index (κ3) is 5.36. The van der Waals surface area contributed by atoms with Crippen LogP contribution in [0.2, 0.25) is 5.15 Å². The Morgan fingerprint density at radius 2 is 2.00 bits per heavy atom. The van der Waals surface area contributed by atoms with Crippen molar-refractivity contribution in [2.45, 2.75) is 13.3 Å². The van der Waals surface area contributed by atoms with Crippen LogP contribution in [0, 0.1) is 6.92 Å². The van der Waals surface area contributed by atoms with Gasteiger partial charge < -0.3 is 4.55 Å². The van der Waals surface area contributed by atoms with Gasteiger partial charge in [0.25, 0.3) is 16.3 Å². The van der Waals surface area contributed by atoms with Crippen LogP contribution in [0.5, 0.6) is 0 Å². The summed E-state index contributed by atoms with van der Waals surface area (Å²) >= 11 is 5.96. The standard InChI is InChI=1S/C16H14ClN3O5S.K/c1-10-4-2-3-5-11(10)16(21)20-9-8-13(19-25-26(22,23)24)12-6-7-14(17)18-15(12)20;/h2-7H,8-9H2,1H3,(H,22,23,24);/q;+1/p-1/b19-13+;. The van der Waals surface area contributed by atoms with Gasteiger partial charge in [-0.15, -0.1) is 0 Å². The molecule has 1 aromatic heterocycles. The van der Waals surface area contributed by atoms with Gasteiger partial charge in [0.1, 0.15) is 11.0 Å². The zero-order valence-corrected chi connectivity index (χ0v) is 19.2. The number of rotatable bonds is 3. The van der Waals surface area contributed by atoms with Crippen LogP contribution >= 0.6 is 11.6 Å². The fourth-order valence-electron chi connectivity index (χ4n) is 2.66. The molecule has 2 heterocycles. The summed E-state index contributed by atoms with van der Waals surface area (Å²) in [6.45, 7) is 2.00. The van der Waals surface area contributed by atoms with Crippen molar-refractivity contribution < 1.29 is 73.4 Å². The predicted octanol–water partition coefficient (Wildman–Crippen LogP) is -0.721. The van der Waals surface area contributed by atoms with Gasteiger partial charge in [-0.1, -0.05) is 35.0 Å². The fraction of sp³-hybridized carbons (Fsp3) is 0.188. The molecular formula is C16H13ClKN3O5S. The normalized spacial score (nSPS) is 15.1. The molecule has 0 bridgehead atoms. The summed E-state index contributed by atoms with van der Waals surface area (Å²) in [5, 5.41) is 3.56. The summed E-state index contributed by atoms with van der Waals surface area (Å²) in [6, 6.07) is 10.1.